The molecule has 1 saturated heterocycles. The summed E-state index contributed by atoms with van der Waals surface area (Å²) in [5.74, 6) is -0.927. The fraction of sp³-hybridized carbons (Fsp3) is 0.833. The van der Waals surface area contributed by atoms with E-state index in [0.717, 1.165) is 26.1 Å². The second kappa shape index (κ2) is 5.56. The molecule has 102 valence electrons. The van der Waals surface area contributed by atoms with Crippen molar-refractivity contribution < 1.29 is 14.7 Å². The maximum atomic E-state index is 11.6. The number of amides is 2. The summed E-state index contributed by atoms with van der Waals surface area (Å²) in [6.07, 6.45) is 4.38. The molecule has 1 aliphatic heterocycles. The van der Waals surface area contributed by atoms with E-state index >= 15 is 0 Å². The second-order valence-corrected chi connectivity index (χ2v) is 5.17. The molecule has 1 aliphatic carbocycles. The van der Waals surface area contributed by atoms with Crippen LogP contribution >= 0.6 is 0 Å². The van der Waals surface area contributed by atoms with Crippen LogP contribution in [0.25, 0.3) is 0 Å². The Labute approximate surface area is 107 Å². The van der Waals surface area contributed by atoms with Crippen molar-refractivity contribution in [1.82, 2.24) is 15.5 Å². The van der Waals surface area contributed by atoms with Crippen molar-refractivity contribution in [3.8, 4) is 0 Å². The van der Waals surface area contributed by atoms with E-state index in [1.165, 1.54) is 12.8 Å². The van der Waals surface area contributed by atoms with E-state index < -0.39 is 11.5 Å². The molecule has 0 atom stereocenters. The monoisotopic (exact) mass is 255 g/mol. The van der Waals surface area contributed by atoms with E-state index in [2.05, 4.69) is 15.5 Å². The van der Waals surface area contributed by atoms with Crippen molar-refractivity contribution >= 4 is 12.0 Å². The van der Waals surface area contributed by atoms with E-state index in [-0.39, 0.29) is 6.03 Å². The molecule has 1 heterocycles. The number of hydrogen-bond acceptors (Lipinski definition) is 3. The predicted molar refractivity (Wildman–Crippen MR) is 66.4 cm³/mol. The highest BCUT2D eigenvalue weighted by molar-refractivity contribution is 5.87. The number of nitrogens with zero attached hydrogens (tertiary/aromatic N) is 1. The van der Waals surface area contributed by atoms with Crippen molar-refractivity contribution in [1.29, 1.82) is 0 Å². The molecule has 0 aromatic rings. The molecule has 1 saturated carbocycles. The van der Waals surface area contributed by atoms with Gasteiger partial charge in [-0.15, -0.1) is 0 Å². The Kier molecular flexibility index (Phi) is 4.06. The van der Waals surface area contributed by atoms with Gasteiger partial charge >= 0.3 is 12.0 Å². The van der Waals surface area contributed by atoms with Gasteiger partial charge in [0.2, 0.25) is 0 Å². The second-order valence-electron chi connectivity index (χ2n) is 5.17. The van der Waals surface area contributed by atoms with Crippen molar-refractivity contribution in [3.63, 3.8) is 0 Å². The number of carbonyl (C=O) groups excluding carboxylic acids is 1. The van der Waals surface area contributed by atoms with E-state index in [1.807, 2.05) is 0 Å². The van der Waals surface area contributed by atoms with Crippen molar-refractivity contribution in [2.75, 3.05) is 26.2 Å². The van der Waals surface area contributed by atoms with Crippen LogP contribution in [0.4, 0.5) is 4.79 Å². The first kappa shape index (κ1) is 13.1. The fourth-order valence-corrected chi connectivity index (χ4v) is 2.52. The molecule has 2 aliphatic rings. The third-order valence-corrected chi connectivity index (χ3v) is 3.88. The first-order valence-electron chi connectivity index (χ1n) is 6.64. The number of carbonyl (C=O) groups is 2. The number of hydrogen-bond donors (Lipinski definition) is 3. The molecule has 0 bridgehead atoms. The third kappa shape index (κ3) is 2.93. The normalized spacial score (nSPS) is 22.2. The number of urea groups is 1. The van der Waals surface area contributed by atoms with E-state index in [9.17, 15) is 9.59 Å². The molecule has 2 amide bonds. The summed E-state index contributed by atoms with van der Waals surface area (Å²) in [6, 6.07) is -0.365. The number of nitrogens with one attached hydrogen (secondary N) is 2. The van der Waals surface area contributed by atoms with Gasteiger partial charge in [0.25, 0.3) is 0 Å². The average Bonchev–Trinajstić information content (AvgIpc) is 2.76. The Morgan fingerprint density at radius 2 is 1.83 bits per heavy atom. The topological polar surface area (TPSA) is 81.7 Å². The molecule has 0 aromatic heterocycles. The molecular formula is C12H21N3O3. The summed E-state index contributed by atoms with van der Waals surface area (Å²) in [5.41, 5.74) is -1.02. The zero-order valence-electron chi connectivity index (χ0n) is 10.6. The van der Waals surface area contributed by atoms with Gasteiger partial charge in [0.05, 0.1) is 0 Å². The molecule has 6 nitrogen and oxygen atoms in total. The first-order chi connectivity index (χ1) is 8.62. The Hall–Kier alpha value is -1.30. The zero-order valence-corrected chi connectivity index (χ0v) is 10.6. The van der Waals surface area contributed by atoms with Gasteiger partial charge in [-0.2, -0.15) is 0 Å². The fourth-order valence-electron chi connectivity index (χ4n) is 2.52. The van der Waals surface area contributed by atoms with Crippen molar-refractivity contribution in [2.24, 2.45) is 0 Å². The lowest BCUT2D eigenvalue weighted by Crippen LogP contribution is -2.61. The van der Waals surface area contributed by atoms with E-state index in [1.54, 1.807) is 0 Å². The largest absolute Gasteiger partial charge is 0.480 e. The van der Waals surface area contributed by atoms with Gasteiger partial charge in [0.1, 0.15) is 5.54 Å². The van der Waals surface area contributed by atoms with Crippen LogP contribution < -0.4 is 10.6 Å². The Bertz CT molecular complexity index is 323. The molecular weight excluding hydrogens is 234 g/mol. The highest BCUT2D eigenvalue weighted by atomic mass is 16.4. The average molecular weight is 255 g/mol. The minimum atomic E-state index is -1.02. The van der Waals surface area contributed by atoms with Crippen LogP contribution in [0.3, 0.4) is 0 Å². The smallest absolute Gasteiger partial charge is 0.329 e. The molecule has 6 heteroatoms. The predicted octanol–water partition coefficient (Wildman–Crippen LogP) is 0.389. The zero-order chi connectivity index (χ0) is 13.0. The number of carboxylic acids is 1. The van der Waals surface area contributed by atoms with Crippen LogP contribution in [0, 0.1) is 0 Å². The van der Waals surface area contributed by atoms with Gasteiger partial charge in [0.15, 0.2) is 0 Å². The molecule has 0 unspecified atom stereocenters. The molecule has 0 spiro atoms. The lowest BCUT2D eigenvalue weighted by Gasteiger charge is -2.38. The molecule has 0 radical (unpaired) electrons. The van der Waals surface area contributed by atoms with Crippen LogP contribution in [0.5, 0.6) is 0 Å². The standard InChI is InChI=1S/C12H21N3O3/c16-10(17)12(4-3-5-12)14-11(18)13-6-9-15-7-1-2-8-15/h1-9H2,(H,16,17)(H2,13,14,18). The van der Waals surface area contributed by atoms with Gasteiger partial charge in [-0.1, -0.05) is 0 Å². The molecule has 2 rings (SSSR count). The summed E-state index contributed by atoms with van der Waals surface area (Å²) in [7, 11) is 0. The molecule has 0 aromatic carbocycles. The number of aliphatic carboxylic acids is 1. The minimum Gasteiger partial charge on any atom is -0.480 e. The number of likely N-dealkylation sites (tertiary alicyclic amines) is 1. The number of carboxylic acid groups (broad SMARTS) is 1. The minimum absolute atomic E-state index is 0.365. The lowest BCUT2D eigenvalue weighted by atomic mass is 9.77. The van der Waals surface area contributed by atoms with Crippen LogP contribution in [0.2, 0.25) is 0 Å². The van der Waals surface area contributed by atoms with Gasteiger partial charge in [0, 0.05) is 13.1 Å². The Balaban J connectivity index is 1.66. The number of rotatable bonds is 5. The Morgan fingerprint density at radius 1 is 1.17 bits per heavy atom. The maximum absolute atomic E-state index is 11.6. The first-order valence-corrected chi connectivity index (χ1v) is 6.64. The maximum Gasteiger partial charge on any atom is 0.329 e. The van der Waals surface area contributed by atoms with Crippen LogP contribution in [-0.4, -0.2) is 53.7 Å². The van der Waals surface area contributed by atoms with E-state index in [0.29, 0.717) is 19.4 Å². The molecule has 2 fully saturated rings. The van der Waals surface area contributed by atoms with Crippen molar-refractivity contribution in [3.05, 3.63) is 0 Å². The van der Waals surface area contributed by atoms with Crippen LogP contribution in [0.1, 0.15) is 32.1 Å². The van der Waals surface area contributed by atoms with Gasteiger partial charge in [-0.3, -0.25) is 0 Å². The van der Waals surface area contributed by atoms with E-state index in [4.69, 9.17) is 5.11 Å². The van der Waals surface area contributed by atoms with Crippen molar-refractivity contribution in [2.45, 2.75) is 37.6 Å². The molecule has 18 heavy (non-hydrogen) atoms. The Morgan fingerprint density at radius 3 is 2.33 bits per heavy atom. The van der Waals surface area contributed by atoms with Gasteiger partial charge < -0.3 is 20.6 Å². The SMILES string of the molecule is O=C(NCCN1CCCC1)NC1(C(=O)O)CCC1. The van der Waals surface area contributed by atoms with Crippen LogP contribution in [0.15, 0.2) is 0 Å². The van der Waals surface area contributed by atoms with Gasteiger partial charge in [-0.05, 0) is 45.2 Å². The molecule has 3 N–H and O–H groups in total. The van der Waals surface area contributed by atoms with Crippen LogP contribution in [-0.2, 0) is 4.79 Å². The van der Waals surface area contributed by atoms with Gasteiger partial charge in [-0.25, -0.2) is 9.59 Å². The summed E-state index contributed by atoms with van der Waals surface area (Å²) in [5, 5.41) is 14.4. The summed E-state index contributed by atoms with van der Waals surface area (Å²) in [4.78, 5) is 25.0. The lowest BCUT2D eigenvalue weighted by molar-refractivity contribution is -0.148. The summed E-state index contributed by atoms with van der Waals surface area (Å²) < 4.78 is 0. The highest BCUT2D eigenvalue weighted by Gasteiger charge is 2.45. The highest BCUT2D eigenvalue weighted by Crippen LogP contribution is 2.31. The third-order valence-electron chi connectivity index (χ3n) is 3.88. The summed E-state index contributed by atoms with van der Waals surface area (Å²) in [6.45, 7) is 3.61. The quantitative estimate of drug-likeness (QED) is 0.663. The summed E-state index contributed by atoms with van der Waals surface area (Å²) >= 11 is 0.